The summed E-state index contributed by atoms with van der Waals surface area (Å²) in [5.41, 5.74) is 1.66. The van der Waals surface area contributed by atoms with E-state index in [0.717, 1.165) is 16.9 Å². The van der Waals surface area contributed by atoms with Gasteiger partial charge in [0.05, 0.1) is 10.0 Å². The molecular formula is C16H12Cl2O2. The summed E-state index contributed by atoms with van der Waals surface area (Å²) in [4.78, 5) is 0. The van der Waals surface area contributed by atoms with Crippen molar-refractivity contribution in [2.24, 2.45) is 0 Å². The maximum atomic E-state index is 8.62. The van der Waals surface area contributed by atoms with Crippen LogP contribution >= 0.6 is 23.2 Å². The lowest BCUT2D eigenvalue weighted by atomic mass is 10.2. The van der Waals surface area contributed by atoms with Gasteiger partial charge in [0.25, 0.3) is 0 Å². The van der Waals surface area contributed by atoms with Gasteiger partial charge < -0.3 is 9.84 Å². The second-order valence-corrected chi connectivity index (χ2v) is 4.77. The summed E-state index contributed by atoms with van der Waals surface area (Å²) in [6, 6.07) is 12.7. The van der Waals surface area contributed by atoms with Gasteiger partial charge in [-0.3, -0.25) is 0 Å². The van der Waals surface area contributed by atoms with Crippen molar-refractivity contribution in [3.05, 3.63) is 63.6 Å². The number of rotatable bonds is 3. The van der Waals surface area contributed by atoms with Crippen LogP contribution in [0.5, 0.6) is 5.75 Å². The summed E-state index contributed by atoms with van der Waals surface area (Å²) >= 11 is 12.0. The summed E-state index contributed by atoms with van der Waals surface area (Å²) in [6.45, 7) is 0.201. The Hall–Kier alpha value is -1.66. The predicted octanol–water partition coefficient (Wildman–Crippen LogP) is 3.92. The summed E-state index contributed by atoms with van der Waals surface area (Å²) in [7, 11) is 0. The van der Waals surface area contributed by atoms with Gasteiger partial charge in [0, 0.05) is 11.1 Å². The van der Waals surface area contributed by atoms with Crippen molar-refractivity contribution in [1.29, 1.82) is 0 Å². The van der Waals surface area contributed by atoms with Gasteiger partial charge in [0.15, 0.2) is 0 Å². The zero-order chi connectivity index (χ0) is 14.4. The zero-order valence-electron chi connectivity index (χ0n) is 10.6. The topological polar surface area (TPSA) is 29.5 Å². The molecule has 2 rings (SSSR count). The van der Waals surface area contributed by atoms with E-state index in [9.17, 15) is 0 Å². The molecule has 2 nitrogen and oxygen atoms in total. The molecule has 0 amide bonds. The molecule has 1 N–H and O–H groups in total. The van der Waals surface area contributed by atoms with Gasteiger partial charge >= 0.3 is 0 Å². The third kappa shape index (κ3) is 3.91. The van der Waals surface area contributed by atoms with Crippen LogP contribution in [0.1, 0.15) is 11.1 Å². The Kier molecular flexibility index (Phi) is 5.31. The van der Waals surface area contributed by atoms with Crippen LogP contribution in [0.15, 0.2) is 42.5 Å². The highest BCUT2D eigenvalue weighted by Crippen LogP contribution is 2.26. The Morgan fingerprint density at radius 3 is 2.50 bits per heavy atom. The van der Waals surface area contributed by atoms with Crippen LogP contribution in [0.4, 0.5) is 0 Å². The second-order valence-electron chi connectivity index (χ2n) is 3.99. The first-order chi connectivity index (χ1) is 9.70. The SMILES string of the molecule is OCC#Cc1ccc(OCc2cccc(Cl)c2Cl)cc1. The van der Waals surface area contributed by atoms with E-state index < -0.39 is 0 Å². The fourth-order valence-electron chi connectivity index (χ4n) is 1.60. The van der Waals surface area contributed by atoms with Crippen LogP contribution in [0.2, 0.25) is 10.0 Å². The minimum atomic E-state index is -0.147. The van der Waals surface area contributed by atoms with Crippen LogP contribution in [0, 0.1) is 11.8 Å². The van der Waals surface area contributed by atoms with Crippen molar-refractivity contribution in [3.63, 3.8) is 0 Å². The van der Waals surface area contributed by atoms with Crippen LogP contribution in [0.3, 0.4) is 0 Å². The lowest BCUT2D eigenvalue weighted by Gasteiger charge is -2.08. The third-order valence-corrected chi connectivity index (χ3v) is 3.45. The smallest absolute Gasteiger partial charge is 0.119 e. The summed E-state index contributed by atoms with van der Waals surface area (Å²) in [5, 5.41) is 9.65. The van der Waals surface area contributed by atoms with E-state index in [1.807, 2.05) is 36.4 Å². The average molecular weight is 307 g/mol. The maximum absolute atomic E-state index is 8.62. The molecule has 0 spiro atoms. The van der Waals surface area contributed by atoms with Crippen LogP contribution in [0.25, 0.3) is 0 Å². The van der Waals surface area contributed by atoms with E-state index >= 15 is 0 Å². The molecule has 0 aromatic heterocycles. The van der Waals surface area contributed by atoms with Crippen molar-refractivity contribution < 1.29 is 9.84 Å². The maximum Gasteiger partial charge on any atom is 0.119 e. The molecule has 2 aromatic carbocycles. The molecular weight excluding hydrogens is 295 g/mol. The Labute approximate surface area is 127 Å². The number of hydrogen-bond acceptors (Lipinski definition) is 2. The molecule has 4 heteroatoms. The minimum absolute atomic E-state index is 0.147. The first kappa shape index (κ1) is 14.7. The van der Waals surface area contributed by atoms with Gasteiger partial charge in [-0.15, -0.1) is 0 Å². The van der Waals surface area contributed by atoms with E-state index in [0.29, 0.717) is 16.7 Å². The highest BCUT2D eigenvalue weighted by atomic mass is 35.5. The van der Waals surface area contributed by atoms with Crippen molar-refractivity contribution in [1.82, 2.24) is 0 Å². The normalized spacial score (nSPS) is 9.75. The number of halogens is 2. The first-order valence-electron chi connectivity index (χ1n) is 5.96. The van der Waals surface area contributed by atoms with Crippen molar-refractivity contribution in [3.8, 4) is 17.6 Å². The molecule has 0 saturated heterocycles. The molecule has 0 bridgehead atoms. The fraction of sp³-hybridized carbons (Fsp3) is 0.125. The van der Waals surface area contributed by atoms with Gasteiger partial charge in [-0.1, -0.05) is 47.2 Å². The molecule has 0 aliphatic heterocycles. The number of benzene rings is 2. The summed E-state index contributed by atoms with van der Waals surface area (Å²) in [6.07, 6.45) is 0. The van der Waals surface area contributed by atoms with Crippen LogP contribution in [-0.2, 0) is 6.61 Å². The quantitative estimate of drug-likeness (QED) is 0.871. The Bertz CT molecular complexity index is 640. The van der Waals surface area contributed by atoms with Gasteiger partial charge in [-0.2, -0.15) is 0 Å². The highest BCUT2D eigenvalue weighted by molar-refractivity contribution is 6.42. The molecule has 20 heavy (non-hydrogen) atoms. The van der Waals surface area contributed by atoms with Gasteiger partial charge in [-0.05, 0) is 30.3 Å². The zero-order valence-corrected chi connectivity index (χ0v) is 12.1. The van der Waals surface area contributed by atoms with Crippen LogP contribution in [-0.4, -0.2) is 11.7 Å². The van der Waals surface area contributed by atoms with E-state index in [4.69, 9.17) is 33.0 Å². The van der Waals surface area contributed by atoms with Crippen molar-refractivity contribution >= 4 is 23.2 Å². The van der Waals surface area contributed by atoms with E-state index in [-0.39, 0.29) is 6.61 Å². The highest BCUT2D eigenvalue weighted by Gasteiger charge is 2.04. The van der Waals surface area contributed by atoms with E-state index in [2.05, 4.69) is 11.8 Å². The van der Waals surface area contributed by atoms with Gasteiger partial charge in [-0.25, -0.2) is 0 Å². The fourth-order valence-corrected chi connectivity index (χ4v) is 1.97. The Morgan fingerprint density at radius 1 is 1.05 bits per heavy atom. The number of hydrogen-bond donors (Lipinski definition) is 1. The first-order valence-corrected chi connectivity index (χ1v) is 6.72. The largest absolute Gasteiger partial charge is 0.489 e. The molecule has 0 fully saturated rings. The predicted molar refractivity (Wildman–Crippen MR) is 81.2 cm³/mol. The number of aliphatic hydroxyl groups is 1. The lowest BCUT2D eigenvalue weighted by Crippen LogP contribution is -1.96. The molecule has 0 heterocycles. The molecule has 102 valence electrons. The number of ether oxygens (including phenoxy) is 1. The molecule has 0 radical (unpaired) electrons. The lowest BCUT2D eigenvalue weighted by molar-refractivity contribution is 0.306. The number of aliphatic hydroxyl groups excluding tert-OH is 1. The molecule has 0 aliphatic rings. The molecule has 0 atom stereocenters. The molecule has 0 aliphatic carbocycles. The monoisotopic (exact) mass is 306 g/mol. The van der Waals surface area contributed by atoms with Crippen LogP contribution < -0.4 is 4.74 Å². The van der Waals surface area contributed by atoms with Crippen molar-refractivity contribution in [2.75, 3.05) is 6.61 Å². The van der Waals surface area contributed by atoms with E-state index in [1.165, 1.54) is 0 Å². The third-order valence-electron chi connectivity index (χ3n) is 2.59. The van der Waals surface area contributed by atoms with Gasteiger partial charge in [0.1, 0.15) is 19.0 Å². The molecule has 2 aromatic rings. The second kappa shape index (κ2) is 7.21. The molecule has 0 unspecified atom stereocenters. The Morgan fingerprint density at radius 2 is 1.80 bits per heavy atom. The molecule has 0 saturated carbocycles. The summed E-state index contributed by atoms with van der Waals surface area (Å²) < 4.78 is 5.65. The van der Waals surface area contributed by atoms with Gasteiger partial charge in [0.2, 0.25) is 0 Å². The van der Waals surface area contributed by atoms with Crippen molar-refractivity contribution in [2.45, 2.75) is 6.61 Å². The average Bonchev–Trinajstić information content (AvgIpc) is 2.48. The minimum Gasteiger partial charge on any atom is -0.489 e. The standard InChI is InChI=1S/C16H12Cl2O2/c17-15-5-1-4-13(16(15)18)11-20-14-8-6-12(7-9-14)3-2-10-19/h1,4-9,19H,10-11H2. The summed E-state index contributed by atoms with van der Waals surface area (Å²) in [5.74, 6) is 6.12. The Balaban J connectivity index is 2.02. The van der Waals surface area contributed by atoms with E-state index in [1.54, 1.807) is 6.07 Å².